The lowest BCUT2D eigenvalue weighted by Crippen LogP contribution is -2.18. The Morgan fingerprint density at radius 2 is 1.46 bits per heavy atom. The fourth-order valence-corrected chi connectivity index (χ4v) is 2.53. The van der Waals surface area contributed by atoms with Gasteiger partial charge in [0.25, 0.3) is 0 Å². The molecule has 4 nitrogen and oxygen atoms in total. The molecule has 26 heavy (non-hydrogen) atoms. The molecule has 0 spiro atoms. The minimum Gasteiger partial charge on any atom is -0.497 e. The molecule has 0 saturated carbocycles. The summed E-state index contributed by atoms with van der Waals surface area (Å²) in [6, 6.07) is 24.6. The van der Waals surface area contributed by atoms with Crippen LogP contribution in [0.25, 0.3) is 0 Å². The van der Waals surface area contributed by atoms with E-state index < -0.39 is 5.97 Å². The first-order chi connectivity index (χ1) is 12.7. The third kappa shape index (κ3) is 4.86. The van der Waals surface area contributed by atoms with E-state index in [-0.39, 0.29) is 6.61 Å². The van der Waals surface area contributed by atoms with E-state index in [1.807, 2.05) is 48.5 Å². The average molecular weight is 348 g/mol. The van der Waals surface area contributed by atoms with Crippen LogP contribution in [0, 0.1) is 0 Å². The molecule has 3 aromatic rings. The molecule has 0 unspecified atom stereocenters. The van der Waals surface area contributed by atoms with Crippen molar-refractivity contribution in [2.45, 2.75) is 6.42 Å². The van der Waals surface area contributed by atoms with E-state index in [1.54, 1.807) is 37.4 Å². The second-order valence-electron chi connectivity index (χ2n) is 5.71. The molecular weight excluding hydrogens is 328 g/mol. The lowest BCUT2D eigenvalue weighted by molar-refractivity contribution is -0.136. The molecule has 0 heterocycles. The zero-order chi connectivity index (χ0) is 18.2. The highest BCUT2D eigenvalue weighted by Crippen LogP contribution is 2.22. The van der Waals surface area contributed by atoms with Crippen LogP contribution in [0.3, 0.4) is 0 Å². The van der Waals surface area contributed by atoms with E-state index in [1.165, 1.54) is 0 Å². The summed E-state index contributed by atoms with van der Waals surface area (Å²) < 4.78 is 16.1. The van der Waals surface area contributed by atoms with Gasteiger partial charge in [0.2, 0.25) is 0 Å². The maximum atomic E-state index is 12.1. The number of carbonyl (C=O) groups excluding carboxylic acids is 1. The fourth-order valence-electron chi connectivity index (χ4n) is 2.53. The number of rotatable bonds is 7. The first kappa shape index (κ1) is 17.5. The van der Waals surface area contributed by atoms with Gasteiger partial charge in [-0.3, -0.25) is 0 Å². The van der Waals surface area contributed by atoms with Crippen LogP contribution in [-0.2, 0) is 11.2 Å². The Bertz CT molecular complexity index is 842. The molecule has 0 aliphatic rings. The molecule has 132 valence electrons. The molecule has 3 rings (SSSR count). The van der Waals surface area contributed by atoms with Gasteiger partial charge in [0.1, 0.15) is 17.2 Å². The fraction of sp³-hybridized carbons (Fsp3) is 0.136. The van der Waals surface area contributed by atoms with E-state index in [9.17, 15) is 4.79 Å². The minimum atomic E-state index is -0.443. The Morgan fingerprint density at radius 1 is 0.808 bits per heavy atom. The van der Waals surface area contributed by atoms with E-state index in [2.05, 4.69) is 0 Å². The molecule has 0 saturated heterocycles. The van der Waals surface area contributed by atoms with Crippen LogP contribution in [0.15, 0.2) is 78.9 Å². The van der Waals surface area contributed by atoms with Gasteiger partial charge >= 0.3 is 5.97 Å². The van der Waals surface area contributed by atoms with Gasteiger partial charge in [-0.25, -0.2) is 4.79 Å². The molecule has 0 N–H and O–H groups in total. The van der Waals surface area contributed by atoms with Gasteiger partial charge in [-0.05, 0) is 41.5 Å². The maximum absolute atomic E-state index is 12.1. The molecule has 0 aliphatic carbocycles. The maximum Gasteiger partial charge on any atom is 0.349 e. The number of methoxy groups -OCH3 is 1. The van der Waals surface area contributed by atoms with Crippen LogP contribution in [0.5, 0.6) is 17.2 Å². The average Bonchev–Trinajstić information content (AvgIpc) is 2.69. The van der Waals surface area contributed by atoms with E-state index in [4.69, 9.17) is 14.2 Å². The molecular formula is C22H20O4. The Balaban J connectivity index is 1.60. The predicted octanol–water partition coefficient (Wildman–Crippen LogP) is 4.27. The first-order valence-electron chi connectivity index (χ1n) is 8.34. The number of hydrogen-bond donors (Lipinski definition) is 0. The van der Waals surface area contributed by atoms with Crippen LogP contribution in [0.4, 0.5) is 0 Å². The van der Waals surface area contributed by atoms with Crippen LogP contribution in [0.1, 0.15) is 11.1 Å². The van der Waals surface area contributed by atoms with Crippen molar-refractivity contribution in [2.24, 2.45) is 0 Å². The van der Waals surface area contributed by atoms with Crippen molar-refractivity contribution >= 4 is 5.97 Å². The summed E-state index contributed by atoms with van der Waals surface area (Å²) in [6.07, 6.45) is 0.698. The van der Waals surface area contributed by atoms with Gasteiger partial charge in [-0.1, -0.05) is 48.5 Å². The van der Waals surface area contributed by atoms with E-state index in [0.29, 0.717) is 17.9 Å². The lowest BCUT2D eigenvalue weighted by Gasteiger charge is -2.11. The smallest absolute Gasteiger partial charge is 0.349 e. The molecule has 0 radical (unpaired) electrons. The molecule has 0 aromatic heterocycles. The highest BCUT2D eigenvalue weighted by atomic mass is 16.6. The quantitative estimate of drug-likeness (QED) is 0.472. The summed E-state index contributed by atoms with van der Waals surface area (Å²) in [6.45, 7) is -0.161. The summed E-state index contributed by atoms with van der Waals surface area (Å²) in [5.74, 6) is 1.43. The van der Waals surface area contributed by atoms with Crippen molar-refractivity contribution in [1.82, 2.24) is 0 Å². The van der Waals surface area contributed by atoms with Crippen LogP contribution < -0.4 is 14.2 Å². The van der Waals surface area contributed by atoms with Crippen molar-refractivity contribution in [3.63, 3.8) is 0 Å². The summed E-state index contributed by atoms with van der Waals surface area (Å²) in [4.78, 5) is 12.1. The summed E-state index contributed by atoms with van der Waals surface area (Å²) in [5, 5.41) is 0. The third-order valence-corrected chi connectivity index (χ3v) is 3.85. The molecule has 0 fully saturated rings. The van der Waals surface area contributed by atoms with Gasteiger partial charge in [-0.15, -0.1) is 0 Å². The van der Waals surface area contributed by atoms with Gasteiger partial charge in [-0.2, -0.15) is 0 Å². The van der Waals surface area contributed by atoms with Crippen LogP contribution in [0.2, 0.25) is 0 Å². The monoisotopic (exact) mass is 348 g/mol. The molecule has 0 amide bonds. The van der Waals surface area contributed by atoms with Crippen molar-refractivity contribution in [2.75, 3.05) is 13.7 Å². The van der Waals surface area contributed by atoms with Crippen LogP contribution >= 0.6 is 0 Å². The topological polar surface area (TPSA) is 44.8 Å². The zero-order valence-corrected chi connectivity index (χ0v) is 14.6. The molecule has 0 bridgehead atoms. The Hall–Kier alpha value is -3.27. The Kier molecular flexibility index (Phi) is 5.88. The molecule has 4 heteroatoms. The number of ether oxygens (including phenoxy) is 3. The van der Waals surface area contributed by atoms with Gasteiger partial charge in [0.05, 0.1) is 7.11 Å². The van der Waals surface area contributed by atoms with E-state index in [0.717, 1.165) is 16.9 Å². The number of para-hydroxylation sites is 1. The Morgan fingerprint density at radius 3 is 2.19 bits per heavy atom. The molecule has 0 atom stereocenters. The van der Waals surface area contributed by atoms with Crippen molar-refractivity contribution in [1.29, 1.82) is 0 Å². The number of benzene rings is 3. The second kappa shape index (κ2) is 8.72. The summed E-state index contributed by atoms with van der Waals surface area (Å²) >= 11 is 0. The molecule has 3 aromatic carbocycles. The SMILES string of the molecule is COc1ccc(OCC(=O)Oc2ccccc2Cc2ccccc2)cc1. The normalized spacial score (nSPS) is 10.2. The first-order valence-corrected chi connectivity index (χ1v) is 8.34. The lowest BCUT2D eigenvalue weighted by atomic mass is 10.0. The summed E-state index contributed by atoms with van der Waals surface area (Å²) in [5.41, 5.74) is 2.11. The van der Waals surface area contributed by atoms with Crippen molar-refractivity contribution < 1.29 is 19.0 Å². The van der Waals surface area contributed by atoms with Gasteiger partial charge in [0.15, 0.2) is 6.61 Å². The van der Waals surface area contributed by atoms with Gasteiger partial charge in [0, 0.05) is 6.42 Å². The minimum absolute atomic E-state index is 0.161. The number of hydrogen-bond acceptors (Lipinski definition) is 4. The number of esters is 1. The second-order valence-corrected chi connectivity index (χ2v) is 5.71. The summed E-state index contributed by atoms with van der Waals surface area (Å²) in [7, 11) is 1.60. The third-order valence-electron chi connectivity index (χ3n) is 3.85. The highest BCUT2D eigenvalue weighted by Gasteiger charge is 2.10. The predicted molar refractivity (Wildman–Crippen MR) is 99.8 cm³/mol. The largest absolute Gasteiger partial charge is 0.497 e. The van der Waals surface area contributed by atoms with Crippen molar-refractivity contribution in [3.05, 3.63) is 90.0 Å². The van der Waals surface area contributed by atoms with E-state index >= 15 is 0 Å². The molecule has 0 aliphatic heterocycles. The highest BCUT2D eigenvalue weighted by molar-refractivity contribution is 5.74. The zero-order valence-electron chi connectivity index (χ0n) is 14.6. The van der Waals surface area contributed by atoms with Crippen LogP contribution in [-0.4, -0.2) is 19.7 Å². The van der Waals surface area contributed by atoms with Crippen molar-refractivity contribution in [3.8, 4) is 17.2 Å². The Labute approximate surface area is 153 Å². The standard InChI is InChI=1S/C22H20O4/c1-24-19-11-13-20(14-12-19)25-16-22(23)26-21-10-6-5-9-18(21)15-17-7-3-2-4-8-17/h2-14H,15-16H2,1H3. The van der Waals surface area contributed by atoms with Gasteiger partial charge < -0.3 is 14.2 Å². The number of carbonyl (C=O) groups is 1.